The Bertz CT molecular complexity index is 1070. The number of hydrogen-bond acceptors (Lipinski definition) is 5. The number of aromatic hydroxyl groups is 1. The van der Waals surface area contributed by atoms with Gasteiger partial charge in [-0.15, -0.1) is 0 Å². The standard InChI is InChI=1S/C25H24ClNO5/c26-23-19(10-5-11-21(23)28)24(30)22(29)12-13-27-25(31)32-14-20-17-8-3-1-6-15(17)16-7-2-4-9-18(16)20/h1-11,20,22,24,28-30H,12-14H2,(H,27,31). The van der Waals surface area contributed by atoms with Crippen LogP contribution in [-0.2, 0) is 4.74 Å². The Morgan fingerprint density at radius 3 is 2.25 bits per heavy atom. The number of amides is 1. The van der Waals surface area contributed by atoms with Gasteiger partial charge in [0.15, 0.2) is 0 Å². The molecule has 4 rings (SSSR count). The van der Waals surface area contributed by atoms with E-state index in [9.17, 15) is 20.1 Å². The second-order valence-electron chi connectivity index (χ2n) is 7.73. The molecule has 32 heavy (non-hydrogen) atoms. The Labute approximate surface area is 191 Å². The van der Waals surface area contributed by atoms with Crippen LogP contribution in [0.4, 0.5) is 4.79 Å². The van der Waals surface area contributed by atoms with Gasteiger partial charge in [-0.05, 0) is 34.7 Å². The summed E-state index contributed by atoms with van der Waals surface area (Å²) in [5.41, 5.74) is 4.78. The Kier molecular flexibility index (Phi) is 6.65. The number of phenols is 1. The minimum Gasteiger partial charge on any atom is -0.506 e. The number of carbonyl (C=O) groups is 1. The van der Waals surface area contributed by atoms with Gasteiger partial charge in [-0.2, -0.15) is 0 Å². The number of aliphatic hydroxyl groups is 2. The maximum absolute atomic E-state index is 12.2. The van der Waals surface area contributed by atoms with Gasteiger partial charge in [-0.1, -0.05) is 72.3 Å². The van der Waals surface area contributed by atoms with Gasteiger partial charge in [0.1, 0.15) is 18.5 Å². The summed E-state index contributed by atoms with van der Waals surface area (Å²) < 4.78 is 5.45. The monoisotopic (exact) mass is 453 g/mol. The Balaban J connectivity index is 1.29. The van der Waals surface area contributed by atoms with Gasteiger partial charge >= 0.3 is 6.09 Å². The van der Waals surface area contributed by atoms with E-state index < -0.39 is 18.3 Å². The van der Waals surface area contributed by atoms with Crippen molar-refractivity contribution in [2.75, 3.05) is 13.2 Å². The molecular formula is C25H24ClNO5. The molecule has 0 fully saturated rings. The van der Waals surface area contributed by atoms with Gasteiger partial charge in [-0.25, -0.2) is 4.79 Å². The molecule has 0 radical (unpaired) electrons. The molecule has 2 unspecified atom stereocenters. The summed E-state index contributed by atoms with van der Waals surface area (Å²) >= 11 is 5.98. The number of hydrogen-bond donors (Lipinski definition) is 4. The fraction of sp³-hybridized carbons (Fsp3) is 0.240. The molecule has 0 aromatic heterocycles. The van der Waals surface area contributed by atoms with Crippen molar-refractivity contribution in [2.24, 2.45) is 0 Å². The molecule has 166 valence electrons. The smallest absolute Gasteiger partial charge is 0.407 e. The van der Waals surface area contributed by atoms with Gasteiger partial charge in [0.2, 0.25) is 0 Å². The van der Waals surface area contributed by atoms with Crippen molar-refractivity contribution in [3.8, 4) is 16.9 Å². The average molecular weight is 454 g/mol. The normalized spacial score (nSPS) is 14.3. The van der Waals surface area contributed by atoms with Crippen LogP contribution in [-0.4, -0.2) is 40.7 Å². The first-order chi connectivity index (χ1) is 15.5. The summed E-state index contributed by atoms with van der Waals surface area (Å²) in [5, 5.41) is 32.8. The number of phenolic OH excluding ortho intramolecular Hbond substituents is 1. The van der Waals surface area contributed by atoms with E-state index >= 15 is 0 Å². The molecule has 0 spiro atoms. The lowest BCUT2D eigenvalue weighted by molar-refractivity contribution is 0.0136. The number of aliphatic hydroxyl groups excluding tert-OH is 2. The molecule has 7 heteroatoms. The van der Waals surface area contributed by atoms with Crippen molar-refractivity contribution in [1.29, 1.82) is 0 Å². The number of alkyl carbamates (subject to hydrolysis) is 1. The van der Waals surface area contributed by atoms with Crippen molar-refractivity contribution in [3.05, 3.63) is 88.4 Å². The van der Waals surface area contributed by atoms with E-state index in [1.54, 1.807) is 0 Å². The van der Waals surface area contributed by atoms with E-state index in [1.807, 2.05) is 36.4 Å². The molecule has 4 N–H and O–H groups in total. The number of benzene rings is 3. The second-order valence-corrected chi connectivity index (χ2v) is 8.11. The highest BCUT2D eigenvalue weighted by Crippen LogP contribution is 2.44. The molecule has 0 aliphatic heterocycles. The zero-order valence-corrected chi connectivity index (χ0v) is 18.0. The summed E-state index contributed by atoms with van der Waals surface area (Å²) in [5.74, 6) is -0.208. The van der Waals surface area contributed by atoms with Crippen molar-refractivity contribution in [2.45, 2.75) is 24.5 Å². The summed E-state index contributed by atoms with van der Waals surface area (Å²) in [4.78, 5) is 12.2. The third kappa shape index (κ3) is 4.43. The largest absolute Gasteiger partial charge is 0.506 e. The third-order valence-corrected chi connectivity index (χ3v) is 6.16. The molecule has 0 heterocycles. The van der Waals surface area contributed by atoms with E-state index in [-0.39, 0.29) is 41.8 Å². The maximum Gasteiger partial charge on any atom is 0.407 e. The van der Waals surface area contributed by atoms with Crippen LogP contribution in [0, 0.1) is 0 Å². The molecule has 1 aliphatic carbocycles. The number of nitrogens with one attached hydrogen (secondary N) is 1. The molecule has 3 aromatic rings. The first-order valence-electron chi connectivity index (χ1n) is 10.4. The van der Waals surface area contributed by atoms with Crippen molar-refractivity contribution in [3.63, 3.8) is 0 Å². The Hall–Kier alpha value is -3.06. The van der Waals surface area contributed by atoms with E-state index in [2.05, 4.69) is 17.4 Å². The highest BCUT2D eigenvalue weighted by atomic mass is 35.5. The lowest BCUT2D eigenvalue weighted by atomic mass is 9.98. The lowest BCUT2D eigenvalue weighted by Gasteiger charge is -2.20. The Morgan fingerprint density at radius 2 is 1.59 bits per heavy atom. The quantitative estimate of drug-likeness (QED) is 0.426. The molecule has 0 saturated carbocycles. The zero-order chi connectivity index (χ0) is 22.7. The van der Waals surface area contributed by atoms with Crippen LogP contribution >= 0.6 is 11.6 Å². The number of ether oxygens (including phenoxy) is 1. The fourth-order valence-corrected chi connectivity index (χ4v) is 4.34. The molecule has 3 aromatic carbocycles. The molecule has 0 bridgehead atoms. The van der Waals surface area contributed by atoms with Gasteiger partial charge in [0, 0.05) is 18.0 Å². The molecule has 6 nitrogen and oxygen atoms in total. The Morgan fingerprint density at radius 1 is 0.969 bits per heavy atom. The van der Waals surface area contributed by atoms with Gasteiger partial charge in [0.05, 0.1) is 11.1 Å². The van der Waals surface area contributed by atoms with Crippen LogP contribution in [0.1, 0.15) is 35.1 Å². The first-order valence-corrected chi connectivity index (χ1v) is 10.8. The second kappa shape index (κ2) is 9.61. The summed E-state index contributed by atoms with van der Waals surface area (Å²) in [6.07, 6.45) is -2.98. The molecule has 1 aliphatic rings. The summed E-state index contributed by atoms with van der Waals surface area (Å²) in [6.45, 7) is 0.301. The van der Waals surface area contributed by atoms with Crippen molar-refractivity contribution >= 4 is 17.7 Å². The van der Waals surface area contributed by atoms with Crippen LogP contribution in [0.2, 0.25) is 5.02 Å². The third-order valence-electron chi connectivity index (χ3n) is 5.74. The van der Waals surface area contributed by atoms with Crippen molar-refractivity contribution in [1.82, 2.24) is 5.32 Å². The minimum atomic E-state index is -1.29. The molecular weight excluding hydrogens is 430 g/mol. The molecule has 2 atom stereocenters. The van der Waals surface area contributed by atoms with Crippen LogP contribution in [0.25, 0.3) is 11.1 Å². The van der Waals surface area contributed by atoms with Crippen molar-refractivity contribution < 1.29 is 24.9 Å². The fourth-order valence-electron chi connectivity index (χ4n) is 4.10. The lowest BCUT2D eigenvalue weighted by Crippen LogP contribution is -2.30. The SMILES string of the molecule is O=C(NCCC(O)C(O)c1cccc(O)c1Cl)OCC1c2ccccc2-c2ccccc21. The predicted octanol–water partition coefficient (Wildman–Crippen LogP) is 4.37. The molecule has 1 amide bonds. The number of carbonyl (C=O) groups excluding carboxylic acids is 1. The van der Waals surface area contributed by atoms with Crippen LogP contribution < -0.4 is 5.32 Å². The van der Waals surface area contributed by atoms with Gasteiger partial charge in [-0.3, -0.25) is 0 Å². The van der Waals surface area contributed by atoms with E-state index in [4.69, 9.17) is 16.3 Å². The highest BCUT2D eigenvalue weighted by Gasteiger charge is 2.29. The predicted molar refractivity (Wildman–Crippen MR) is 122 cm³/mol. The van der Waals surface area contributed by atoms with Crippen LogP contribution in [0.3, 0.4) is 0 Å². The number of halogens is 1. The topological polar surface area (TPSA) is 99.0 Å². The minimum absolute atomic E-state index is 0.0106. The van der Waals surface area contributed by atoms with E-state index in [0.29, 0.717) is 0 Å². The molecule has 0 saturated heterocycles. The average Bonchev–Trinajstić information content (AvgIpc) is 3.13. The van der Waals surface area contributed by atoms with E-state index in [1.165, 1.54) is 18.2 Å². The van der Waals surface area contributed by atoms with E-state index in [0.717, 1.165) is 22.3 Å². The first kappa shape index (κ1) is 22.1. The van der Waals surface area contributed by atoms with Crippen LogP contribution in [0.15, 0.2) is 66.7 Å². The van der Waals surface area contributed by atoms with Crippen LogP contribution in [0.5, 0.6) is 5.75 Å². The summed E-state index contributed by atoms with van der Waals surface area (Å²) in [7, 11) is 0. The number of fused-ring (bicyclic) bond motifs is 3. The van der Waals surface area contributed by atoms with Gasteiger partial charge in [0.25, 0.3) is 0 Å². The highest BCUT2D eigenvalue weighted by molar-refractivity contribution is 6.32. The van der Waals surface area contributed by atoms with Gasteiger partial charge < -0.3 is 25.4 Å². The summed E-state index contributed by atoms with van der Waals surface area (Å²) in [6, 6.07) is 20.6. The number of rotatable bonds is 7. The zero-order valence-electron chi connectivity index (χ0n) is 17.2. The maximum atomic E-state index is 12.2.